The third kappa shape index (κ3) is 7.09. The molecule has 0 aromatic heterocycles. The summed E-state index contributed by atoms with van der Waals surface area (Å²) < 4.78 is 28.0. The number of rotatable bonds is 5. The molecular formula is C17H28IN5O4S. The van der Waals surface area contributed by atoms with Gasteiger partial charge in [0.15, 0.2) is 5.96 Å². The van der Waals surface area contributed by atoms with Gasteiger partial charge in [0.1, 0.15) is 0 Å². The summed E-state index contributed by atoms with van der Waals surface area (Å²) in [7, 11) is -3.74. The van der Waals surface area contributed by atoms with Crippen LogP contribution in [0.4, 0.5) is 4.79 Å². The number of carbonyl (C=O) groups is 1. The van der Waals surface area contributed by atoms with Crippen LogP contribution in [0.1, 0.15) is 19.4 Å². The second-order valence-electron chi connectivity index (χ2n) is 6.04. The number of primary sulfonamides is 1. The van der Waals surface area contributed by atoms with Gasteiger partial charge in [0, 0.05) is 32.7 Å². The summed E-state index contributed by atoms with van der Waals surface area (Å²) >= 11 is 0. The predicted octanol–water partition coefficient (Wildman–Crippen LogP) is 1.19. The van der Waals surface area contributed by atoms with Gasteiger partial charge in [-0.3, -0.25) is 0 Å². The number of ether oxygens (including phenoxy) is 1. The van der Waals surface area contributed by atoms with Crippen molar-refractivity contribution in [2.24, 2.45) is 10.1 Å². The van der Waals surface area contributed by atoms with Gasteiger partial charge < -0.3 is 19.9 Å². The highest BCUT2D eigenvalue weighted by Gasteiger charge is 2.23. The number of benzene rings is 1. The summed E-state index contributed by atoms with van der Waals surface area (Å²) in [5.41, 5.74) is 0.752. The Hall–Kier alpha value is -1.60. The second kappa shape index (κ2) is 11.4. The lowest BCUT2D eigenvalue weighted by Crippen LogP contribution is -2.53. The molecule has 0 aliphatic carbocycles. The van der Waals surface area contributed by atoms with Crippen molar-refractivity contribution in [2.45, 2.75) is 25.3 Å². The number of nitrogens with zero attached hydrogens (tertiary/aromatic N) is 3. The van der Waals surface area contributed by atoms with Crippen molar-refractivity contribution in [2.75, 3.05) is 39.3 Å². The van der Waals surface area contributed by atoms with Crippen molar-refractivity contribution in [3.8, 4) is 0 Å². The highest BCUT2D eigenvalue weighted by Crippen LogP contribution is 2.11. The molecule has 1 amide bonds. The van der Waals surface area contributed by atoms with Gasteiger partial charge in [-0.25, -0.2) is 23.3 Å². The van der Waals surface area contributed by atoms with Crippen molar-refractivity contribution in [3.63, 3.8) is 0 Å². The summed E-state index contributed by atoms with van der Waals surface area (Å²) in [6.45, 7) is 7.55. The number of sulfonamides is 1. The third-order valence-electron chi connectivity index (χ3n) is 4.08. The van der Waals surface area contributed by atoms with Gasteiger partial charge in [-0.2, -0.15) is 0 Å². The lowest BCUT2D eigenvalue weighted by atomic mass is 10.2. The van der Waals surface area contributed by atoms with Gasteiger partial charge in [-0.1, -0.05) is 12.1 Å². The van der Waals surface area contributed by atoms with E-state index in [9.17, 15) is 13.2 Å². The van der Waals surface area contributed by atoms with Crippen molar-refractivity contribution < 1.29 is 17.9 Å². The molecule has 158 valence electrons. The fourth-order valence-electron chi connectivity index (χ4n) is 2.73. The zero-order chi connectivity index (χ0) is 19.9. The zero-order valence-corrected chi connectivity index (χ0v) is 19.3. The fourth-order valence-corrected chi connectivity index (χ4v) is 3.31. The largest absolute Gasteiger partial charge is 0.450 e. The molecule has 0 unspecified atom stereocenters. The molecule has 1 fully saturated rings. The number of amides is 1. The van der Waals surface area contributed by atoms with Crippen molar-refractivity contribution in [1.82, 2.24) is 15.1 Å². The first-order valence-corrected chi connectivity index (χ1v) is 10.5. The van der Waals surface area contributed by atoms with Gasteiger partial charge >= 0.3 is 6.09 Å². The number of hydrogen-bond donors (Lipinski definition) is 2. The van der Waals surface area contributed by atoms with Crippen molar-refractivity contribution in [1.29, 1.82) is 0 Å². The molecule has 1 aromatic carbocycles. The van der Waals surface area contributed by atoms with Crippen LogP contribution in [0.15, 0.2) is 34.2 Å². The summed E-state index contributed by atoms with van der Waals surface area (Å²) in [4.78, 5) is 20.2. The predicted molar refractivity (Wildman–Crippen MR) is 118 cm³/mol. The molecule has 2 rings (SSSR count). The van der Waals surface area contributed by atoms with Crippen LogP contribution in [-0.4, -0.2) is 69.6 Å². The molecule has 1 aromatic rings. The number of carbonyl (C=O) groups excluding carboxylic acids is 1. The topological polar surface area (TPSA) is 117 Å². The zero-order valence-electron chi connectivity index (χ0n) is 16.1. The number of nitrogens with one attached hydrogen (secondary N) is 1. The number of nitrogens with two attached hydrogens (primary N) is 1. The fraction of sp³-hybridized carbons (Fsp3) is 0.529. The Morgan fingerprint density at radius 3 is 2.43 bits per heavy atom. The summed E-state index contributed by atoms with van der Waals surface area (Å²) in [5, 5.41) is 8.41. The molecule has 0 spiro atoms. The van der Waals surface area contributed by atoms with Crippen LogP contribution in [0.5, 0.6) is 0 Å². The third-order valence-corrected chi connectivity index (χ3v) is 4.99. The van der Waals surface area contributed by atoms with E-state index in [0.29, 0.717) is 45.9 Å². The first kappa shape index (κ1) is 24.4. The number of halogens is 1. The van der Waals surface area contributed by atoms with E-state index in [-0.39, 0.29) is 35.0 Å². The van der Waals surface area contributed by atoms with Gasteiger partial charge in [0.05, 0.1) is 18.0 Å². The number of aliphatic imine (C=N–C) groups is 1. The first-order chi connectivity index (χ1) is 12.8. The lowest BCUT2D eigenvalue weighted by Gasteiger charge is -2.35. The molecule has 0 atom stereocenters. The maximum absolute atomic E-state index is 11.8. The Labute approximate surface area is 183 Å². The van der Waals surface area contributed by atoms with Crippen LogP contribution in [-0.2, 0) is 21.3 Å². The van der Waals surface area contributed by atoms with Crippen molar-refractivity contribution >= 4 is 46.1 Å². The second-order valence-corrected chi connectivity index (χ2v) is 7.60. The molecule has 9 nitrogen and oxygen atoms in total. The van der Waals surface area contributed by atoms with E-state index < -0.39 is 10.0 Å². The lowest BCUT2D eigenvalue weighted by molar-refractivity contribution is 0.0914. The highest BCUT2D eigenvalue weighted by atomic mass is 127. The maximum atomic E-state index is 11.8. The Morgan fingerprint density at radius 2 is 1.86 bits per heavy atom. The monoisotopic (exact) mass is 525 g/mol. The molecule has 11 heteroatoms. The van der Waals surface area contributed by atoms with Gasteiger partial charge in [-0.15, -0.1) is 24.0 Å². The highest BCUT2D eigenvalue weighted by molar-refractivity contribution is 14.0. The number of piperazine rings is 1. The maximum Gasteiger partial charge on any atom is 0.409 e. The molecule has 3 N–H and O–H groups in total. The van der Waals surface area contributed by atoms with E-state index in [1.807, 2.05) is 6.92 Å². The van der Waals surface area contributed by atoms with E-state index in [2.05, 4.69) is 15.2 Å². The van der Waals surface area contributed by atoms with Crippen LogP contribution >= 0.6 is 24.0 Å². The van der Waals surface area contributed by atoms with Crippen LogP contribution in [0.2, 0.25) is 0 Å². The van der Waals surface area contributed by atoms with Crippen LogP contribution in [0, 0.1) is 0 Å². The number of hydrogen-bond acceptors (Lipinski definition) is 5. The van der Waals surface area contributed by atoms with Crippen LogP contribution in [0.3, 0.4) is 0 Å². The van der Waals surface area contributed by atoms with E-state index in [1.54, 1.807) is 24.0 Å². The minimum atomic E-state index is -3.74. The SMILES string of the molecule is CCNC(=NCc1cccc(S(N)(=O)=O)c1)N1CCN(C(=O)OCC)CC1.I. The average molecular weight is 525 g/mol. The van der Waals surface area contributed by atoms with Gasteiger partial charge in [0.25, 0.3) is 0 Å². The Morgan fingerprint density at radius 1 is 1.21 bits per heavy atom. The molecule has 0 bridgehead atoms. The molecule has 1 aliphatic heterocycles. The smallest absolute Gasteiger partial charge is 0.409 e. The summed E-state index contributed by atoms with van der Waals surface area (Å²) in [6.07, 6.45) is -0.293. The first-order valence-electron chi connectivity index (χ1n) is 8.91. The molecule has 0 radical (unpaired) electrons. The summed E-state index contributed by atoms with van der Waals surface area (Å²) in [5.74, 6) is 0.724. The Bertz CT molecular complexity index is 780. The molecule has 1 aliphatic rings. The van der Waals surface area contributed by atoms with Crippen molar-refractivity contribution in [3.05, 3.63) is 29.8 Å². The molecule has 1 heterocycles. The van der Waals surface area contributed by atoms with Gasteiger partial charge in [0.2, 0.25) is 10.0 Å². The average Bonchev–Trinajstić information content (AvgIpc) is 2.65. The molecule has 0 saturated carbocycles. The normalized spacial score (nSPS) is 15.0. The van der Waals surface area contributed by atoms with Gasteiger partial charge in [-0.05, 0) is 31.5 Å². The molecular weight excluding hydrogens is 497 g/mol. The van der Waals surface area contributed by atoms with E-state index in [1.165, 1.54) is 12.1 Å². The van der Waals surface area contributed by atoms with E-state index in [4.69, 9.17) is 9.88 Å². The molecule has 28 heavy (non-hydrogen) atoms. The summed E-state index contributed by atoms with van der Waals surface area (Å²) in [6, 6.07) is 6.44. The van der Waals surface area contributed by atoms with E-state index >= 15 is 0 Å². The molecule has 1 saturated heterocycles. The minimum Gasteiger partial charge on any atom is -0.450 e. The Balaban J connectivity index is 0.00000392. The Kier molecular flexibility index (Phi) is 9.96. The van der Waals surface area contributed by atoms with Crippen LogP contribution < -0.4 is 10.5 Å². The van der Waals surface area contributed by atoms with Crippen LogP contribution in [0.25, 0.3) is 0 Å². The standard InChI is InChI=1S/C17H27N5O4S.HI/c1-3-19-16(21-8-10-22(11-9-21)17(23)26-4-2)20-13-14-6-5-7-15(12-14)27(18,24)25;/h5-7,12H,3-4,8-11,13H2,1-2H3,(H,19,20)(H2,18,24,25);1H. The number of guanidine groups is 1. The minimum absolute atomic E-state index is 0. The van der Waals surface area contributed by atoms with E-state index in [0.717, 1.165) is 11.5 Å². The quantitative estimate of drug-likeness (QED) is 0.339.